The third-order valence-electron chi connectivity index (χ3n) is 3.70. The summed E-state index contributed by atoms with van der Waals surface area (Å²) in [6.07, 6.45) is 3.42. The van der Waals surface area contributed by atoms with Crippen molar-refractivity contribution in [1.29, 1.82) is 0 Å². The van der Waals surface area contributed by atoms with Crippen molar-refractivity contribution < 1.29 is 0 Å². The van der Waals surface area contributed by atoms with E-state index in [2.05, 4.69) is 31.8 Å². The molecule has 1 aromatic heterocycles. The molecule has 15 heavy (non-hydrogen) atoms. The highest BCUT2D eigenvalue weighted by molar-refractivity contribution is 6.30. The van der Waals surface area contributed by atoms with Crippen LogP contribution in [0.3, 0.4) is 0 Å². The molecule has 2 heteroatoms. The molecule has 0 fully saturated rings. The standard InChI is InChI=1S/C13H18ClN/c1-4-10-7-11-6-5-8(2)9(3)12(11)15-13(10)14/h7-9H,4-6H2,1-3H3. The van der Waals surface area contributed by atoms with Gasteiger partial charge in [0.25, 0.3) is 0 Å². The molecule has 2 rings (SSSR count). The third kappa shape index (κ3) is 1.90. The minimum atomic E-state index is 0.553. The van der Waals surface area contributed by atoms with Crippen LogP contribution in [0.4, 0.5) is 0 Å². The highest BCUT2D eigenvalue weighted by Gasteiger charge is 2.25. The van der Waals surface area contributed by atoms with Crippen molar-refractivity contribution in [2.45, 2.75) is 46.0 Å². The minimum absolute atomic E-state index is 0.553. The lowest BCUT2D eigenvalue weighted by Gasteiger charge is -2.28. The Hall–Kier alpha value is -0.560. The molecule has 0 radical (unpaired) electrons. The number of hydrogen-bond acceptors (Lipinski definition) is 1. The molecule has 0 N–H and O–H groups in total. The van der Waals surface area contributed by atoms with Gasteiger partial charge in [-0.15, -0.1) is 0 Å². The molecule has 0 spiro atoms. The zero-order valence-electron chi connectivity index (χ0n) is 9.68. The van der Waals surface area contributed by atoms with Crippen molar-refractivity contribution >= 4 is 11.6 Å². The summed E-state index contributed by atoms with van der Waals surface area (Å²) in [4.78, 5) is 4.58. The Bertz CT molecular complexity index is 373. The number of nitrogens with zero attached hydrogens (tertiary/aromatic N) is 1. The maximum Gasteiger partial charge on any atom is 0.132 e. The van der Waals surface area contributed by atoms with E-state index in [9.17, 15) is 0 Å². The fourth-order valence-corrected chi connectivity index (χ4v) is 2.62. The normalized spacial score (nSPS) is 25.1. The number of aryl methyl sites for hydroxylation is 2. The lowest BCUT2D eigenvalue weighted by molar-refractivity contribution is 0.416. The fraction of sp³-hybridized carbons (Fsp3) is 0.615. The van der Waals surface area contributed by atoms with Crippen LogP contribution in [0.2, 0.25) is 5.15 Å². The Balaban J connectivity index is 2.47. The van der Waals surface area contributed by atoms with Gasteiger partial charge in [0.05, 0.1) is 0 Å². The van der Waals surface area contributed by atoms with Gasteiger partial charge in [0.2, 0.25) is 0 Å². The molecule has 0 saturated heterocycles. The first kappa shape index (κ1) is 10.9. The molecule has 1 aliphatic rings. The van der Waals surface area contributed by atoms with Crippen LogP contribution in [-0.2, 0) is 12.8 Å². The van der Waals surface area contributed by atoms with Crippen LogP contribution < -0.4 is 0 Å². The van der Waals surface area contributed by atoms with E-state index in [1.54, 1.807) is 0 Å². The van der Waals surface area contributed by atoms with E-state index in [1.807, 2.05) is 0 Å². The first-order valence-electron chi connectivity index (χ1n) is 5.81. The smallest absolute Gasteiger partial charge is 0.132 e. The quantitative estimate of drug-likeness (QED) is 0.657. The average Bonchev–Trinajstić information content (AvgIpc) is 2.24. The summed E-state index contributed by atoms with van der Waals surface area (Å²) in [7, 11) is 0. The maximum absolute atomic E-state index is 6.16. The molecular weight excluding hydrogens is 206 g/mol. The Labute approximate surface area is 96.9 Å². The Morgan fingerprint density at radius 1 is 1.47 bits per heavy atom. The SMILES string of the molecule is CCc1cc2c(nc1Cl)C(C)C(C)CC2. The van der Waals surface area contributed by atoms with Gasteiger partial charge in [-0.25, -0.2) is 4.98 Å². The van der Waals surface area contributed by atoms with Gasteiger partial charge in [0, 0.05) is 11.6 Å². The molecule has 82 valence electrons. The lowest BCUT2D eigenvalue weighted by Crippen LogP contribution is -2.18. The number of aromatic nitrogens is 1. The van der Waals surface area contributed by atoms with Crippen molar-refractivity contribution in [1.82, 2.24) is 4.98 Å². The molecule has 1 heterocycles. The highest BCUT2D eigenvalue weighted by Crippen LogP contribution is 2.36. The van der Waals surface area contributed by atoms with Crippen molar-refractivity contribution in [3.05, 3.63) is 28.0 Å². The van der Waals surface area contributed by atoms with Gasteiger partial charge in [-0.3, -0.25) is 0 Å². The summed E-state index contributed by atoms with van der Waals surface area (Å²) in [5, 5.41) is 0.706. The second-order valence-electron chi connectivity index (χ2n) is 4.64. The molecule has 2 unspecified atom stereocenters. The van der Waals surface area contributed by atoms with Crippen LogP contribution in [0, 0.1) is 5.92 Å². The molecule has 0 aromatic carbocycles. The molecule has 0 aliphatic heterocycles. The maximum atomic E-state index is 6.16. The number of fused-ring (bicyclic) bond motifs is 1. The fourth-order valence-electron chi connectivity index (χ4n) is 2.34. The van der Waals surface area contributed by atoms with E-state index in [0.717, 1.165) is 18.8 Å². The molecule has 0 amide bonds. The van der Waals surface area contributed by atoms with E-state index in [-0.39, 0.29) is 0 Å². The number of halogens is 1. The van der Waals surface area contributed by atoms with Gasteiger partial charge in [0.1, 0.15) is 5.15 Å². The van der Waals surface area contributed by atoms with Crippen LogP contribution >= 0.6 is 11.6 Å². The van der Waals surface area contributed by atoms with Crippen LogP contribution in [0.25, 0.3) is 0 Å². The molecule has 0 bridgehead atoms. The van der Waals surface area contributed by atoms with E-state index in [4.69, 9.17) is 11.6 Å². The average molecular weight is 224 g/mol. The Morgan fingerprint density at radius 3 is 2.87 bits per heavy atom. The molecule has 1 nitrogen and oxygen atoms in total. The largest absolute Gasteiger partial charge is 0.240 e. The van der Waals surface area contributed by atoms with Crippen molar-refractivity contribution in [3.63, 3.8) is 0 Å². The molecule has 1 aliphatic carbocycles. The minimum Gasteiger partial charge on any atom is -0.240 e. The highest BCUT2D eigenvalue weighted by atomic mass is 35.5. The predicted octanol–water partition coefficient (Wildman–Crippen LogP) is 3.98. The second kappa shape index (κ2) is 4.13. The monoisotopic (exact) mass is 223 g/mol. The second-order valence-corrected chi connectivity index (χ2v) is 5.00. The number of pyridine rings is 1. The van der Waals surface area contributed by atoms with Gasteiger partial charge in [-0.1, -0.05) is 38.4 Å². The summed E-state index contributed by atoms with van der Waals surface area (Å²) in [5.41, 5.74) is 3.84. The molecule has 1 aromatic rings. The number of hydrogen-bond donors (Lipinski definition) is 0. The van der Waals surface area contributed by atoms with E-state index in [0.29, 0.717) is 11.1 Å². The van der Waals surface area contributed by atoms with Gasteiger partial charge < -0.3 is 0 Å². The Kier molecular flexibility index (Phi) is 3.01. The summed E-state index contributed by atoms with van der Waals surface area (Å²) < 4.78 is 0. The van der Waals surface area contributed by atoms with Gasteiger partial charge in [-0.2, -0.15) is 0 Å². The number of rotatable bonds is 1. The first-order chi connectivity index (χ1) is 7.13. The van der Waals surface area contributed by atoms with Crippen molar-refractivity contribution in [2.75, 3.05) is 0 Å². The predicted molar refractivity (Wildman–Crippen MR) is 64.5 cm³/mol. The van der Waals surface area contributed by atoms with Crippen molar-refractivity contribution in [3.8, 4) is 0 Å². The first-order valence-corrected chi connectivity index (χ1v) is 6.19. The van der Waals surface area contributed by atoms with Crippen LogP contribution in [0.1, 0.15) is 49.9 Å². The molecule has 0 saturated carbocycles. The topological polar surface area (TPSA) is 12.9 Å². The van der Waals surface area contributed by atoms with Gasteiger partial charge in [-0.05, 0) is 36.3 Å². The molecular formula is C13H18ClN. The third-order valence-corrected chi connectivity index (χ3v) is 4.02. The van der Waals surface area contributed by atoms with E-state index in [1.165, 1.54) is 23.2 Å². The lowest BCUT2D eigenvalue weighted by atomic mass is 9.79. The zero-order valence-corrected chi connectivity index (χ0v) is 10.4. The Morgan fingerprint density at radius 2 is 2.20 bits per heavy atom. The van der Waals surface area contributed by atoms with Crippen LogP contribution in [0.15, 0.2) is 6.07 Å². The summed E-state index contributed by atoms with van der Waals surface area (Å²) in [5.74, 6) is 1.28. The van der Waals surface area contributed by atoms with E-state index < -0.39 is 0 Å². The summed E-state index contributed by atoms with van der Waals surface area (Å²) in [6, 6.07) is 2.26. The van der Waals surface area contributed by atoms with Crippen molar-refractivity contribution in [2.24, 2.45) is 5.92 Å². The van der Waals surface area contributed by atoms with E-state index >= 15 is 0 Å². The molecule has 2 atom stereocenters. The van der Waals surface area contributed by atoms with Gasteiger partial charge >= 0.3 is 0 Å². The summed E-state index contributed by atoms with van der Waals surface area (Å²) in [6.45, 7) is 6.69. The zero-order chi connectivity index (χ0) is 11.0. The van der Waals surface area contributed by atoms with Gasteiger partial charge in [0.15, 0.2) is 0 Å². The summed E-state index contributed by atoms with van der Waals surface area (Å²) >= 11 is 6.16. The van der Waals surface area contributed by atoms with Crippen LogP contribution in [-0.4, -0.2) is 4.98 Å². The van der Waals surface area contributed by atoms with Crippen LogP contribution in [0.5, 0.6) is 0 Å².